The van der Waals surface area contributed by atoms with E-state index in [2.05, 4.69) is 5.32 Å². The Morgan fingerprint density at radius 1 is 0.792 bits per heavy atom. The predicted molar refractivity (Wildman–Crippen MR) is 102 cm³/mol. The molecule has 0 saturated carbocycles. The molecule has 4 N–H and O–H groups in total. The Balaban J connectivity index is 3.32. The molecule has 24 heavy (non-hydrogen) atoms. The van der Waals surface area contributed by atoms with Crippen LogP contribution in [0.25, 0.3) is 0 Å². The minimum Gasteiger partial charge on any atom is -0.481 e. The summed E-state index contributed by atoms with van der Waals surface area (Å²) in [5, 5.41) is 11.4. The third-order valence-electron chi connectivity index (χ3n) is 3.96. The summed E-state index contributed by atoms with van der Waals surface area (Å²) >= 11 is 5.13. The first kappa shape index (κ1) is 23.0. The quantitative estimate of drug-likeness (QED) is 0.273. The highest BCUT2D eigenvalue weighted by atomic mass is 32.1. The van der Waals surface area contributed by atoms with Gasteiger partial charge in [-0.1, -0.05) is 57.2 Å². The summed E-state index contributed by atoms with van der Waals surface area (Å²) in [6, 6.07) is 0. The van der Waals surface area contributed by atoms with Gasteiger partial charge in [-0.2, -0.15) is 0 Å². The zero-order valence-electron chi connectivity index (χ0n) is 14.9. The van der Waals surface area contributed by atoms with Gasteiger partial charge in [-0.15, -0.1) is 0 Å². The van der Waals surface area contributed by atoms with Gasteiger partial charge in [0.15, 0.2) is 0 Å². The van der Waals surface area contributed by atoms with E-state index >= 15 is 0 Å². The summed E-state index contributed by atoms with van der Waals surface area (Å²) in [5.74, 6) is -0.789. The number of rotatable bonds is 17. The molecule has 0 spiro atoms. The number of carbonyl (C=O) groups excluding carboxylic acids is 1. The number of hydrogen-bond donors (Lipinski definition) is 3. The van der Waals surface area contributed by atoms with E-state index in [0.29, 0.717) is 24.4 Å². The normalized spacial score (nSPS) is 10.5. The molecule has 0 aliphatic rings. The molecule has 0 bridgehead atoms. The van der Waals surface area contributed by atoms with Crippen LogP contribution >= 0.6 is 12.2 Å². The zero-order chi connectivity index (χ0) is 18.0. The average molecular weight is 359 g/mol. The highest BCUT2D eigenvalue weighted by molar-refractivity contribution is 7.82. The smallest absolute Gasteiger partial charge is 0.303 e. The lowest BCUT2D eigenvalue weighted by Gasteiger charge is -2.06. The third kappa shape index (κ3) is 15.9. The van der Waals surface area contributed by atoms with Gasteiger partial charge >= 0.3 is 5.97 Å². The SMILES string of the molecule is NCCCCCC(=S)C(=O)NCCCCCCCCCCC(=O)O. The second kappa shape index (κ2) is 16.8. The maximum Gasteiger partial charge on any atom is 0.303 e. The molecule has 0 atom stereocenters. The number of unbranched alkanes of at least 4 members (excludes halogenated alkanes) is 9. The van der Waals surface area contributed by atoms with Gasteiger partial charge in [0.05, 0.1) is 4.86 Å². The molecule has 0 unspecified atom stereocenters. The number of thiocarbonyl (C=S) groups is 1. The lowest BCUT2D eigenvalue weighted by atomic mass is 10.1. The predicted octanol–water partition coefficient (Wildman–Crippen LogP) is 3.59. The van der Waals surface area contributed by atoms with Gasteiger partial charge < -0.3 is 16.2 Å². The first-order valence-electron chi connectivity index (χ1n) is 9.30. The van der Waals surface area contributed by atoms with Crippen molar-refractivity contribution in [2.45, 2.75) is 83.5 Å². The summed E-state index contributed by atoms with van der Waals surface area (Å²) in [7, 11) is 0. The molecule has 140 valence electrons. The van der Waals surface area contributed by atoms with Gasteiger partial charge in [0, 0.05) is 13.0 Å². The van der Waals surface area contributed by atoms with Crippen molar-refractivity contribution >= 4 is 29.0 Å². The number of amides is 1. The average Bonchev–Trinajstić information content (AvgIpc) is 2.55. The van der Waals surface area contributed by atoms with Gasteiger partial charge in [-0.05, 0) is 38.6 Å². The van der Waals surface area contributed by atoms with Gasteiger partial charge in [-0.25, -0.2) is 0 Å². The number of carboxylic acids is 1. The van der Waals surface area contributed by atoms with Crippen LogP contribution < -0.4 is 11.1 Å². The fraction of sp³-hybridized carbons (Fsp3) is 0.833. The van der Waals surface area contributed by atoms with Crippen LogP contribution in [0.1, 0.15) is 83.5 Å². The third-order valence-corrected chi connectivity index (χ3v) is 4.35. The molecule has 0 aliphatic carbocycles. The Hall–Kier alpha value is -1.01. The van der Waals surface area contributed by atoms with Crippen LogP contribution in [0.2, 0.25) is 0 Å². The van der Waals surface area contributed by atoms with Crippen molar-refractivity contribution in [1.82, 2.24) is 5.32 Å². The maximum absolute atomic E-state index is 11.8. The number of hydrogen-bond acceptors (Lipinski definition) is 4. The molecular weight excluding hydrogens is 324 g/mol. The van der Waals surface area contributed by atoms with Crippen LogP contribution in [0.4, 0.5) is 0 Å². The van der Waals surface area contributed by atoms with E-state index in [-0.39, 0.29) is 12.3 Å². The molecule has 5 nitrogen and oxygen atoms in total. The molecule has 0 aromatic rings. The molecule has 1 amide bonds. The fourth-order valence-corrected chi connectivity index (χ4v) is 2.70. The van der Waals surface area contributed by atoms with Crippen molar-refractivity contribution < 1.29 is 14.7 Å². The van der Waals surface area contributed by atoms with Gasteiger partial charge in [0.1, 0.15) is 0 Å². The summed E-state index contributed by atoms with van der Waals surface area (Å²) < 4.78 is 0. The van der Waals surface area contributed by atoms with E-state index in [1.54, 1.807) is 0 Å². The Morgan fingerprint density at radius 2 is 1.29 bits per heavy atom. The first-order valence-corrected chi connectivity index (χ1v) is 9.71. The highest BCUT2D eigenvalue weighted by Gasteiger charge is 2.07. The first-order chi connectivity index (χ1) is 11.6. The number of nitrogens with one attached hydrogen (secondary N) is 1. The molecule has 0 aliphatic heterocycles. The van der Waals surface area contributed by atoms with E-state index in [9.17, 15) is 9.59 Å². The summed E-state index contributed by atoms with van der Waals surface area (Å²) in [6.45, 7) is 1.39. The number of nitrogens with two attached hydrogens (primary N) is 1. The van der Waals surface area contributed by atoms with Gasteiger partial charge in [0.25, 0.3) is 5.91 Å². The van der Waals surface area contributed by atoms with E-state index < -0.39 is 5.97 Å². The second-order valence-electron chi connectivity index (χ2n) is 6.25. The maximum atomic E-state index is 11.8. The van der Waals surface area contributed by atoms with Crippen LogP contribution in [0.15, 0.2) is 0 Å². The number of aliphatic carboxylic acids is 1. The van der Waals surface area contributed by atoms with E-state index in [1.807, 2.05) is 0 Å². The van der Waals surface area contributed by atoms with Crippen molar-refractivity contribution in [2.75, 3.05) is 13.1 Å². The van der Waals surface area contributed by atoms with Crippen molar-refractivity contribution in [3.63, 3.8) is 0 Å². The molecule has 0 aromatic heterocycles. The standard InChI is InChI=1S/C18H34N2O3S/c19-14-10-7-8-12-16(24)18(23)20-15-11-6-4-2-1-3-5-9-13-17(21)22/h1-15,19H2,(H,20,23)(H,21,22). The Kier molecular flexibility index (Phi) is 16.1. The fourth-order valence-electron chi connectivity index (χ4n) is 2.48. The summed E-state index contributed by atoms with van der Waals surface area (Å²) in [5.41, 5.74) is 5.43. The molecule has 0 fully saturated rings. The molecule has 6 heteroatoms. The largest absolute Gasteiger partial charge is 0.481 e. The topological polar surface area (TPSA) is 92.4 Å². The van der Waals surface area contributed by atoms with Crippen molar-refractivity contribution in [2.24, 2.45) is 5.73 Å². The van der Waals surface area contributed by atoms with Gasteiger partial charge in [-0.3, -0.25) is 9.59 Å². The van der Waals surface area contributed by atoms with Crippen molar-refractivity contribution in [1.29, 1.82) is 0 Å². The van der Waals surface area contributed by atoms with E-state index in [0.717, 1.165) is 51.4 Å². The minimum atomic E-state index is -0.702. The van der Waals surface area contributed by atoms with Crippen LogP contribution in [-0.4, -0.2) is 34.9 Å². The van der Waals surface area contributed by atoms with Crippen LogP contribution in [0, 0.1) is 0 Å². The van der Waals surface area contributed by atoms with E-state index in [4.69, 9.17) is 23.1 Å². The molecule has 0 aromatic carbocycles. The van der Waals surface area contributed by atoms with Crippen LogP contribution in [-0.2, 0) is 9.59 Å². The number of carboxylic acid groups (broad SMARTS) is 1. The Morgan fingerprint density at radius 3 is 1.88 bits per heavy atom. The Bertz CT molecular complexity index is 362. The van der Waals surface area contributed by atoms with Gasteiger partial charge in [0.2, 0.25) is 0 Å². The minimum absolute atomic E-state index is 0.0869. The number of carbonyl (C=O) groups is 2. The lowest BCUT2D eigenvalue weighted by Crippen LogP contribution is -2.30. The highest BCUT2D eigenvalue weighted by Crippen LogP contribution is 2.09. The lowest BCUT2D eigenvalue weighted by molar-refractivity contribution is -0.137. The Labute approximate surface area is 151 Å². The molecule has 0 rings (SSSR count). The van der Waals surface area contributed by atoms with Crippen LogP contribution in [0.5, 0.6) is 0 Å². The second-order valence-corrected chi connectivity index (χ2v) is 6.74. The van der Waals surface area contributed by atoms with Crippen molar-refractivity contribution in [3.8, 4) is 0 Å². The summed E-state index contributed by atoms with van der Waals surface area (Å²) in [6.07, 6.45) is 12.4. The van der Waals surface area contributed by atoms with Crippen molar-refractivity contribution in [3.05, 3.63) is 0 Å². The van der Waals surface area contributed by atoms with Crippen LogP contribution in [0.3, 0.4) is 0 Å². The zero-order valence-corrected chi connectivity index (χ0v) is 15.7. The molecular formula is C18H34N2O3S. The molecule has 0 saturated heterocycles. The summed E-state index contributed by atoms with van der Waals surface area (Å²) in [4.78, 5) is 22.6. The monoisotopic (exact) mass is 358 g/mol. The molecule has 0 heterocycles. The van der Waals surface area contributed by atoms with E-state index in [1.165, 1.54) is 19.3 Å². The molecule has 0 radical (unpaired) electrons.